The van der Waals surface area contributed by atoms with E-state index < -0.39 is 47.8 Å². The number of nitrogens with zero attached hydrogens (tertiary/aromatic N) is 2. The number of hydrogen-bond acceptors (Lipinski definition) is 8. The Morgan fingerprint density at radius 3 is 2.07 bits per heavy atom. The molecule has 1 aliphatic rings. The van der Waals surface area contributed by atoms with Crippen LogP contribution in [0.1, 0.15) is 50.3 Å². The number of hydrogen-bond donors (Lipinski definition) is 1. The number of carbonyl (C=O) groups is 1. The molecule has 0 spiro atoms. The summed E-state index contributed by atoms with van der Waals surface area (Å²) in [5, 5.41) is 22.2. The van der Waals surface area contributed by atoms with E-state index in [9.17, 15) is 33.4 Å². The zero-order valence-electron chi connectivity index (χ0n) is 16.2. The topological polar surface area (TPSA) is 167 Å². The smallest absolute Gasteiger partial charge is 1.00 e. The largest absolute Gasteiger partial charge is 1.00 e. The molecule has 0 saturated heterocycles. The van der Waals surface area contributed by atoms with Crippen LogP contribution in [0.2, 0.25) is 0 Å². The van der Waals surface area contributed by atoms with Crippen molar-refractivity contribution < 1.29 is 63.3 Å². The van der Waals surface area contributed by atoms with Gasteiger partial charge in [-0.3, -0.25) is 24.8 Å². The Morgan fingerprint density at radius 2 is 1.64 bits per heavy atom. The molecule has 0 radical (unpaired) electrons. The molecule has 13 heteroatoms. The summed E-state index contributed by atoms with van der Waals surface area (Å²) in [5.74, 6) is -0.629. The third-order valence-electron chi connectivity index (χ3n) is 4.42. The van der Waals surface area contributed by atoms with Crippen molar-refractivity contribution in [2.24, 2.45) is 5.92 Å². The van der Waals surface area contributed by atoms with Crippen molar-refractivity contribution >= 4 is 27.5 Å². The van der Waals surface area contributed by atoms with Gasteiger partial charge in [0.25, 0.3) is 11.4 Å². The standard InChI is InChI=1S/C15H18N2O9S.Na.H/c18-15(26-7-6-10-4-2-1-3-5-10)11-8-12(16(19)20)14(27(23,24)25)13(9-11)17(21)22;;/h8-10H,1-7H2,(H,23,24,25);;/q;+1;-1. The molecule has 0 atom stereocenters. The SMILES string of the molecule is O=C(OCCC1CCCCC1)c1cc([N+](=O)[O-])c(S(=O)(=O)O)c([N+](=O)[O-])c1.[H-].[Na+]. The summed E-state index contributed by atoms with van der Waals surface area (Å²) in [7, 11) is -5.26. The van der Waals surface area contributed by atoms with Crippen molar-refractivity contribution in [3.8, 4) is 0 Å². The van der Waals surface area contributed by atoms with Gasteiger partial charge in [-0.1, -0.05) is 32.1 Å². The van der Waals surface area contributed by atoms with Crippen LogP contribution >= 0.6 is 0 Å². The van der Waals surface area contributed by atoms with Crippen molar-refractivity contribution in [3.63, 3.8) is 0 Å². The molecular weight excluding hydrogens is 407 g/mol. The van der Waals surface area contributed by atoms with E-state index in [0.717, 1.165) is 25.7 Å². The Morgan fingerprint density at radius 1 is 1.14 bits per heavy atom. The molecule has 0 aliphatic heterocycles. The predicted octanol–water partition coefficient (Wildman–Crippen LogP) is -0.00660. The van der Waals surface area contributed by atoms with E-state index in [1.807, 2.05) is 0 Å². The Balaban J connectivity index is 0.00000392. The van der Waals surface area contributed by atoms with E-state index >= 15 is 0 Å². The van der Waals surface area contributed by atoms with Gasteiger partial charge in [-0.2, -0.15) is 8.42 Å². The monoisotopic (exact) mass is 426 g/mol. The van der Waals surface area contributed by atoms with Gasteiger partial charge in [0, 0.05) is 12.1 Å². The van der Waals surface area contributed by atoms with Crippen LogP contribution in [0.15, 0.2) is 17.0 Å². The van der Waals surface area contributed by atoms with E-state index in [1.54, 1.807) is 0 Å². The van der Waals surface area contributed by atoms with Gasteiger partial charge in [0.05, 0.1) is 22.0 Å². The van der Waals surface area contributed by atoms with Crippen LogP contribution in [-0.4, -0.2) is 35.4 Å². The third kappa shape index (κ3) is 6.21. The fourth-order valence-corrected chi connectivity index (χ4v) is 3.92. The van der Waals surface area contributed by atoms with Gasteiger partial charge in [-0.15, -0.1) is 0 Å². The number of esters is 1. The first-order valence-corrected chi connectivity index (χ1v) is 9.66. The van der Waals surface area contributed by atoms with Crippen LogP contribution < -0.4 is 29.6 Å². The second-order valence-electron chi connectivity index (χ2n) is 6.26. The van der Waals surface area contributed by atoms with E-state index in [2.05, 4.69) is 0 Å². The van der Waals surface area contributed by atoms with Gasteiger partial charge in [-0.05, 0) is 12.3 Å². The first-order chi connectivity index (χ1) is 12.6. The Kier molecular flexibility index (Phi) is 8.95. The summed E-state index contributed by atoms with van der Waals surface area (Å²) < 4.78 is 36.8. The Bertz CT molecular complexity index is 838. The van der Waals surface area contributed by atoms with E-state index in [-0.39, 0.29) is 37.6 Å². The third-order valence-corrected chi connectivity index (χ3v) is 5.35. The molecule has 1 saturated carbocycles. The number of benzene rings is 1. The molecule has 150 valence electrons. The molecule has 1 N–H and O–H groups in total. The summed E-state index contributed by atoms with van der Waals surface area (Å²) in [6.45, 7) is 0.0468. The molecule has 1 aromatic rings. The number of ether oxygens (including phenoxy) is 1. The molecule has 0 unspecified atom stereocenters. The number of rotatable bonds is 7. The number of nitro groups is 2. The molecule has 1 fully saturated rings. The fraction of sp³-hybridized carbons (Fsp3) is 0.533. The zero-order chi connectivity index (χ0) is 20.2. The quantitative estimate of drug-likeness (QED) is 0.207. The summed E-state index contributed by atoms with van der Waals surface area (Å²) in [5.41, 5.74) is -3.08. The number of carbonyl (C=O) groups excluding carboxylic acids is 1. The van der Waals surface area contributed by atoms with Crippen molar-refractivity contribution in [3.05, 3.63) is 37.9 Å². The minimum atomic E-state index is -5.26. The van der Waals surface area contributed by atoms with Crippen LogP contribution in [-0.2, 0) is 14.9 Å². The van der Waals surface area contributed by atoms with Gasteiger partial charge in [0.2, 0.25) is 4.90 Å². The van der Waals surface area contributed by atoms with Crippen molar-refractivity contribution in [2.45, 2.75) is 43.4 Å². The predicted molar refractivity (Wildman–Crippen MR) is 92.2 cm³/mol. The Hall–Kier alpha value is -1.60. The molecule has 2 rings (SSSR count). The van der Waals surface area contributed by atoms with Crippen LogP contribution in [0.3, 0.4) is 0 Å². The fourth-order valence-electron chi connectivity index (χ4n) is 3.13. The minimum absolute atomic E-state index is 0. The maximum Gasteiger partial charge on any atom is 1.00 e. The average molecular weight is 426 g/mol. The first kappa shape index (κ1) is 24.4. The van der Waals surface area contributed by atoms with E-state index in [0.29, 0.717) is 24.5 Å². The van der Waals surface area contributed by atoms with Crippen LogP contribution in [0, 0.1) is 26.1 Å². The van der Waals surface area contributed by atoms with Crippen LogP contribution in [0.5, 0.6) is 0 Å². The van der Waals surface area contributed by atoms with Crippen LogP contribution in [0.25, 0.3) is 0 Å². The summed E-state index contributed by atoms with van der Waals surface area (Å²) in [6, 6.07) is 1.08. The maximum atomic E-state index is 12.1. The first-order valence-electron chi connectivity index (χ1n) is 8.22. The molecule has 1 aliphatic carbocycles. The van der Waals surface area contributed by atoms with Crippen molar-refractivity contribution in [2.75, 3.05) is 6.61 Å². The zero-order valence-corrected chi connectivity index (χ0v) is 18.0. The minimum Gasteiger partial charge on any atom is -1.00 e. The molecule has 0 bridgehead atoms. The van der Waals surface area contributed by atoms with Gasteiger partial charge in [0.15, 0.2) is 0 Å². The summed E-state index contributed by atoms with van der Waals surface area (Å²) >= 11 is 0. The Labute approximate surface area is 184 Å². The molecule has 0 aromatic heterocycles. The molecule has 0 amide bonds. The molecule has 1 aromatic carbocycles. The van der Waals surface area contributed by atoms with Gasteiger partial charge in [0.1, 0.15) is 0 Å². The normalized spacial score (nSPS) is 14.8. The van der Waals surface area contributed by atoms with Crippen molar-refractivity contribution in [1.29, 1.82) is 0 Å². The van der Waals surface area contributed by atoms with Crippen molar-refractivity contribution in [1.82, 2.24) is 0 Å². The van der Waals surface area contributed by atoms with Gasteiger partial charge < -0.3 is 6.16 Å². The van der Waals surface area contributed by atoms with Gasteiger partial charge in [-0.25, -0.2) is 4.79 Å². The molecule has 28 heavy (non-hydrogen) atoms. The van der Waals surface area contributed by atoms with Gasteiger partial charge >= 0.3 is 45.6 Å². The van der Waals surface area contributed by atoms with E-state index in [4.69, 9.17) is 9.29 Å². The maximum absolute atomic E-state index is 12.1. The van der Waals surface area contributed by atoms with Crippen LogP contribution in [0.4, 0.5) is 11.4 Å². The summed E-state index contributed by atoms with van der Waals surface area (Å²) in [4.78, 5) is 30.4. The molecule has 0 heterocycles. The summed E-state index contributed by atoms with van der Waals surface area (Å²) in [6.07, 6.45) is 6.04. The number of nitro benzene ring substituents is 2. The van der Waals surface area contributed by atoms with E-state index in [1.165, 1.54) is 6.42 Å². The molecule has 11 nitrogen and oxygen atoms in total. The second-order valence-corrected chi connectivity index (χ2v) is 7.62. The molecular formula is C15H19N2NaO9S. The second kappa shape index (κ2) is 10.3. The average Bonchev–Trinajstić information content (AvgIpc) is 2.60.